The maximum Gasteiger partial charge on any atom is 0.0419 e. The van der Waals surface area contributed by atoms with Crippen LogP contribution < -0.4 is 10.2 Å². The van der Waals surface area contributed by atoms with Crippen LogP contribution in [0.3, 0.4) is 0 Å². The number of anilines is 1. The first-order chi connectivity index (χ1) is 6.90. The first kappa shape index (κ1) is 9.46. The maximum absolute atomic E-state index is 4.57. The summed E-state index contributed by atoms with van der Waals surface area (Å²) < 4.78 is 0. The molecule has 0 saturated carbocycles. The Labute approximate surface area is 85.1 Å². The van der Waals surface area contributed by atoms with Crippen molar-refractivity contribution in [2.24, 2.45) is 0 Å². The third-order valence-electron chi connectivity index (χ3n) is 2.69. The van der Waals surface area contributed by atoms with Crippen molar-refractivity contribution in [3.05, 3.63) is 24.5 Å². The van der Waals surface area contributed by atoms with Crippen LogP contribution in [0.15, 0.2) is 24.5 Å². The summed E-state index contributed by atoms with van der Waals surface area (Å²) in [6.45, 7) is 5.26. The molecule has 1 saturated heterocycles. The molecule has 0 bridgehead atoms. The Morgan fingerprint density at radius 1 is 1.43 bits per heavy atom. The molecule has 1 aromatic heterocycles. The molecule has 0 aliphatic carbocycles. The highest BCUT2D eigenvalue weighted by Crippen LogP contribution is 2.15. The van der Waals surface area contributed by atoms with Crippen LogP contribution in [0, 0.1) is 0 Å². The molecule has 3 nitrogen and oxygen atoms in total. The Bertz CT molecular complexity index is 273. The lowest BCUT2D eigenvalue weighted by Crippen LogP contribution is -2.46. The van der Waals surface area contributed by atoms with Crippen molar-refractivity contribution in [2.45, 2.75) is 19.4 Å². The average Bonchev–Trinajstić information content (AvgIpc) is 2.30. The highest BCUT2D eigenvalue weighted by atomic mass is 15.2. The lowest BCUT2D eigenvalue weighted by molar-refractivity contribution is 0.438. The average molecular weight is 190 g/mol. The van der Waals surface area contributed by atoms with Crippen molar-refractivity contribution >= 4 is 5.69 Å². The van der Waals surface area contributed by atoms with Gasteiger partial charge in [-0.1, -0.05) is 6.92 Å². The van der Waals surface area contributed by atoms with Gasteiger partial charge in [-0.25, -0.2) is 5.32 Å². The second-order valence-electron chi connectivity index (χ2n) is 3.62. The number of hydrogen-bond donors (Lipinski definition) is 0. The van der Waals surface area contributed by atoms with Gasteiger partial charge in [0.15, 0.2) is 0 Å². The lowest BCUT2D eigenvalue weighted by Gasteiger charge is -2.33. The van der Waals surface area contributed by atoms with E-state index in [2.05, 4.69) is 34.3 Å². The molecule has 1 fully saturated rings. The first-order valence-electron chi connectivity index (χ1n) is 5.21. The lowest BCUT2D eigenvalue weighted by atomic mass is 10.1. The number of pyridine rings is 1. The van der Waals surface area contributed by atoms with Crippen LogP contribution in [0.25, 0.3) is 0 Å². The standard InChI is InChI=1S/C11H16N3/c1-2-10-9-14(8-7-13-10)11-3-5-12-6-4-11/h3-6,10H,2,7-9H2,1H3. The minimum Gasteiger partial charge on any atom is -0.368 e. The molecule has 0 amide bonds. The maximum atomic E-state index is 4.57. The Balaban J connectivity index is 2.04. The normalized spacial score (nSPS) is 22.4. The Kier molecular flexibility index (Phi) is 2.99. The zero-order valence-corrected chi connectivity index (χ0v) is 8.56. The number of hydrogen-bond acceptors (Lipinski definition) is 2. The largest absolute Gasteiger partial charge is 0.368 e. The van der Waals surface area contributed by atoms with E-state index in [0.717, 1.165) is 26.1 Å². The molecule has 1 atom stereocenters. The van der Waals surface area contributed by atoms with Crippen LogP contribution in [0.2, 0.25) is 0 Å². The molecule has 1 radical (unpaired) electrons. The van der Waals surface area contributed by atoms with Gasteiger partial charge in [0.05, 0.1) is 0 Å². The van der Waals surface area contributed by atoms with Crippen molar-refractivity contribution in [2.75, 3.05) is 24.5 Å². The monoisotopic (exact) mass is 190 g/mol. The van der Waals surface area contributed by atoms with Gasteiger partial charge >= 0.3 is 0 Å². The van der Waals surface area contributed by atoms with Gasteiger partial charge in [-0.05, 0) is 18.6 Å². The summed E-state index contributed by atoms with van der Waals surface area (Å²) >= 11 is 0. The van der Waals surface area contributed by atoms with E-state index in [0.29, 0.717) is 6.04 Å². The molecule has 0 aromatic carbocycles. The van der Waals surface area contributed by atoms with Crippen LogP contribution in [0.1, 0.15) is 13.3 Å². The van der Waals surface area contributed by atoms with Gasteiger partial charge in [-0.15, -0.1) is 0 Å². The molecule has 1 aromatic rings. The molecule has 1 aliphatic heterocycles. The van der Waals surface area contributed by atoms with Crippen LogP contribution >= 0.6 is 0 Å². The van der Waals surface area contributed by atoms with E-state index in [1.807, 2.05) is 12.4 Å². The molecule has 0 N–H and O–H groups in total. The number of piperazine rings is 1. The fourth-order valence-electron chi connectivity index (χ4n) is 1.81. The van der Waals surface area contributed by atoms with Crippen molar-refractivity contribution < 1.29 is 0 Å². The van der Waals surface area contributed by atoms with E-state index in [4.69, 9.17) is 0 Å². The van der Waals surface area contributed by atoms with Gasteiger partial charge in [0.2, 0.25) is 0 Å². The van der Waals surface area contributed by atoms with Gasteiger partial charge < -0.3 is 4.90 Å². The summed E-state index contributed by atoms with van der Waals surface area (Å²) in [6.07, 6.45) is 4.84. The van der Waals surface area contributed by atoms with Gasteiger partial charge in [0.25, 0.3) is 0 Å². The zero-order chi connectivity index (χ0) is 9.80. The minimum absolute atomic E-state index is 0.511. The molecule has 0 spiro atoms. The summed E-state index contributed by atoms with van der Waals surface area (Å²) in [5.41, 5.74) is 1.27. The van der Waals surface area contributed by atoms with Crippen LogP contribution in [-0.2, 0) is 0 Å². The SMILES string of the molecule is CCC1CN(c2ccncc2)CC[N]1. The van der Waals surface area contributed by atoms with Crippen molar-refractivity contribution in [3.63, 3.8) is 0 Å². The highest BCUT2D eigenvalue weighted by Gasteiger charge is 2.18. The predicted octanol–water partition coefficient (Wildman–Crippen LogP) is 1.28. The van der Waals surface area contributed by atoms with Gasteiger partial charge in [-0.3, -0.25) is 4.98 Å². The summed E-state index contributed by atoms with van der Waals surface area (Å²) in [7, 11) is 0. The molecule has 3 heteroatoms. The Morgan fingerprint density at radius 2 is 2.21 bits per heavy atom. The second-order valence-corrected chi connectivity index (χ2v) is 3.62. The summed E-state index contributed by atoms with van der Waals surface area (Å²) in [5, 5.41) is 4.57. The first-order valence-corrected chi connectivity index (χ1v) is 5.21. The van der Waals surface area contributed by atoms with E-state index in [9.17, 15) is 0 Å². The quantitative estimate of drug-likeness (QED) is 0.703. The van der Waals surface area contributed by atoms with Gasteiger partial charge in [-0.2, -0.15) is 0 Å². The molecular weight excluding hydrogens is 174 g/mol. The molecule has 75 valence electrons. The number of aromatic nitrogens is 1. The number of rotatable bonds is 2. The summed E-state index contributed by atoms with van der Waals surface area (Å²) in [6, 6.07) is 4.65. The minimum atomic E-state index is 0.511. The van der Waals surface area contributed by atoms with Crippen molar-refractivity contribution in [1.82, 2.24) is 10.3 Å². The summed E-state index contributed by atoms with van der Waals surface area (Å²) in [4.78, 5) is 6.42. The molecule has 2 rings (SSSR count). The fourth-order valence-corrected chi connectivity index (χ4v) is 1.81. The van der Waals surface area contributed by atoms with Crippen LogP contribution in [0.4, 0.5) is 5.69 Å². The van der Waals surface area contributed by atoms with Crippen LogP contribution in [-0.4, -0.2) is 30.7 Å². The summed E-state index contributed by atoms with van der Waals surface area (Å²) in [5.74, 6) is 0. The van der Waals surface area contributed by atoms with E-state index >= 15 is 0 Å². The number of nitrogens with zero attached hydrogens (tertiary/aromatic N) is 3. The second kappa shape index (κ2) is 4.42. The van der Waals surface area contributed by atoms with Crippen LogP contribution in [0.5, 0.6) is 0 Å². The highest BCUT2D eigenvalue weighted by molar-refractivity contribution is 5.45. The van der Waals surface area contributed by atoms with Crippen molar-refractivity contribution in [1.29, 1.82) is 0 Å². The third kappa shape index (κ3) is 2.04. The van der Waals surface area contributed by atoms with Gasteiger partial charge in [0.1, 0.15) is 0 Å². The molecule has 14 heavy (non-hydrogen) atoms. The molecule has 1 aliphatic rings. The third-order valence-corrected chi connectivity index (χ3v) is 2.69. The van der Waals surface area contributed by atoms with E-state index in [1.165, 1.54) is 5.69 Å². The Morgan fingerprint density at radius 3 is 2.93 bits per heavy atom. The fraction of sp³-hybridized carbons (Fsp3) is 0.545. The van der Waals surface area contributed by atoms with Crippen molar-refractivity contribution in [3.8, 4) is 0 Å². The predicted molar refractivity (Wildman–Crippen MR) is 57.5 cm³/mol. The smallest absolute Gasteiger partial charge is 0.0419 e. The zero-order valence-electron chi connectivity index (χ0n) is 8.56. The molecular formula is C11H16N3. The Hall–Kier alpha value is -1.09. The molecule has 1 unspecified atom stereocenters. The van der Waals surface area contributed by atoms with E-state index in [1.54, 1.807) is 0 Å². The van der Waals surface area contributed by atoms with Gasteiger partial charge in [0, 0.05) is 43.8 Å². The van der Waals surface area contributed by atoms with E-state index < -0.39 is 0 Å². The molecule has 2 heterocycles. The topological polar surface area (TPSA) is 30.2 Å². The van der Waals surface area contributed by atoms with E-state index in [-0.39, 0.29) is 0 Å².